The van der Waals surface area contributed by atoms with Crippen molar-refractivity contribution in [1.82, 2.24) is 10.2 Å². The van der Waals surface area contributed by atoms with E-state index in [1.807, 2.05) is 0 Å². The number of hydrogen-bond acceptors (Lipinski definition) is 3. The largest absolute Gasteiger partial charge is 0.405 e. The van der Waals surface area contributed by atoms with Crippen molar-refractivity contribution >= 4 is 11.8 Å². The second kappa shape index (κ2) is 5.54. The zero-order valence-corrected chi connectivity index (χ0v) is 8.10. The SMILES string of the molecule is CN(CC(=O)NCC(F)(F)F)C(=O)CN. The molecule has 0 aliphatic heterocycles. The summed E-state index contributed by atoms with van der Waals surface area (Å²) in [4.78, 5) is 22.7. The van der Waals surface area contributed by atoms with Crippen LogP contribution in [0.2, 0.25) is 0 Å². The van der Waals surface area contributed by atoms with Crippen molar-refractivity contribution in [3.8, 4) is 0 Å². The first kappa shape index (κ1) is 13.7. The van der Waals surface area contributed by atoms with E-state index in [9.17, 15) is 22.8 Å². The van der Waals surface area contributed by atoms with Crippen LogP contribution in [0.15, 0.2) is 0 Å². The predicted molar refractivity (Wildman–Crippen MR) is 45.8 cm³/mol. The first-order valence-corrected chi connectivity index (χ1v) is 4.03. The Morgan fingerprint density at radius 2 is 1.93 bits per heavy atom. The maximum Gasteiger partial charge on any atom is 0.405 e. The van der Waals surface area contributed by atoms with Gasteiger partial charge in [-0.3, -0.25) is 9.59 Å². The number of nitrogens with one attached hydrogen (secondary N) is 1. The molecule has 0 rings (SSSR count). The molecule has 2 amide bonds. The third-order valence-electron chi connectivity index (χ3n) is 1.47. The van der Waals surface area contributed by atoms with Gasteiger partial charge in [-0.2, -0.15) is 13.2 Å². The fourth-order valence-corrected chi connectivity index (χ4v) is 0.714. The van der Waals surface area contributed by atoms with Gasteiger partial charge in [0.2, 0.25) is 11.8 Å². The quantitative estimate of drug-likeness (QED) is 0.652. The van der Waals surface area contributed by atoms with E-state index in [1.54, 1.807) is 5.32 Å². The van der Waals surface area contributed by atoms with E-state index in [2.05, 4.69) is 0 Å². The number of halogens is 3. The number of nitrogens with zero attached hydrogens (tertiary/aromatic N) is 1. The molecule has 0 aromatic heterocycles. The highest BCUT2D eigenvalue weighted by Gasteiger charge is 2.27. The smallest absolute Gasteiger partial charge is 0.345 e. The molecule has 0 radical (unpaired) electrons. The van der Waals surface area contributed by atoms with Gasteiger partial charge >= 0.3 is 6.18 Å². The highest BCUT2D eigenvalue weighted by Crippen LogP contribution is 2.11. The van der Waals surface area contributed by atoms with E-state index in [0.29, 0.717) is 0 Å². The average Bonchev–Trinajstić information content (AvgIpc) is 2.12. The topological polar surface area (TPSA) is 75.4 Å². The summed E-state index contributed by atoms with van der Waals surface area (Å²) in [5.74, 6) is -1.39. The fraction of sp³-hybridized carbons (Fsp3) is 0.714. The Morgan fingerprint density at radius 1 is 1.40 bits per heavy atom. The van der Waals surface area contributed by atoms with Gasteiger partial charge in [0, 0.05) is 7.05 Å². The minimum absolute atomic E-state index is 0.289. The average molecular weight is 227 g/mol. The van der Waals surface area contributed by atoms with Crippen molar-refractivity contribution in [3.05, 3.63) is 0 Å². The van der Waals surface area contributed by atoms with E-state index in [-0.39, 0.29) is 6.54 Å². The zero-order chi connectivity index (χ0) is 12.1. The molecule has 0 bridgehead atoms. The summed E-state index contributed by atoms with van der Waals surface area (Å²) in [5.41, 5.74) is 4.99. The Kier molecular flexibility index (Phi) is 5.06. The van der Waals surface area contributed by atoms with Gasteiger partial charge in [0.15, 0.2) is 0 Å². The van der Waals surface area contributed by atoms with E-state index in [4.69, 9.17) is 5.73 Å². The molecule has 0 spiro atoms. The number of carbonyl (C=O) groups is 2. The van der Waals surface area contributed by atoms with Crippen LogP contribution in [-0.4, -0.2) is 49.6 Å². The zero-order valence-electron chi connectivity index (χ0n) is 8.10. The van der Waals surface area contributed by atoms with Crippen LogP contribution in [0, 0.1) is 0 Å². The lowest BCUT2D eigenvalue weighted by molar-refractivity contribution is -0.141. The van der Waals surface area contributed by atoms with Crippen LogP contribution >= 0.6 is 0 Å². The Labute approximate surface area is 84.4 Å². The maximum absolute atomic E-state index is 11.7. The Bertz CT molecular complexity index is 242. The van der Waals surface area contributed by atoms with Gasteiger partial charge in [-0.15, -0.1) is 0 Å². The van der Waals surface area contributed by atoms with Crippen LogP contribution in [0.1, 0.15) is 0 Å². The lowest BCUT2D eigenvalue weighted by Crippen LogP contribution is -2.43. The summed E-state index contributed by atoms with van der Waals surface area (Å²) >= 11 is 0. The number of likely N-dealkylation sites (N-methyl/N-ethyl adjacent to an activating group) is 1. The molecule has 0 unspecified atom stereocenters. The first-order valence-electron chi connectivity index (χ1n) is 4.03. The fourth-order valence-electron chi connectivity index (χ4n) is 0.714. The van der Waals surface area contributed by atoms with Crippen LogP contribution in [0.25, 0.3) is 0 Å². The van der Waals surface area contributed by atoms with Gasteiger partial charge in [0.05, 0.1) is 13.1 Å². The second-order valence-electron chi connectivity index (χ2n) is 2.85. The minimum atomic E-state index is -4.45. The van der Waals surface area contributed by atoms with Gasteiger partial charge in [-0.1, -0.05) is 0 Å². The van der Waals surface area contributed by atoms with Crippen LogP contribution in [0.5, 0.6) is 0 Å². The molecule has 0 aromatic rings. The van der Waals surface area contributed by atoms with Crippen LogP contribution < -0.4 is 11.1 Å². The van der Waals surface area contributed by atoms with Gasteiger partial charge in [0.1, 0.15) is 6.54 Å². The van der Waals surface area contributed by atoms with Crippen molar-refractivity contribution in [2.24, 2.45) is 5.73 Å². The van der Waals surface area contributed by atoms with Gasteiger partial charge in [0.25, 0.3) is 0 Å². The monoisotopic (exact) mass is 227 g/mol. The summed E-state index contributed by atoms with van der Waals surface area (Å²) in [5, 5.41) is 1.63. The van der Waals surface area contributed by atoms with Crippen molar-refractivity contribution in [3.63, 3.8) is 0 Å². The van der Waals surface area contributed by atoms with Crippen LogP contribution in [0.3, 0.4) is 0 Å². The van der Waals surface area contributed by atoms with Crippen LogP contribution in [-0.2, 0) is 9.59 Å². The number of carbonyl (C=O) groups excluding carboxylic acids is 2. The Morgan fingerprint density at radius 3 is 2.33 bits per heavy atom. The molecule has 3 N–H and O–H groups in total. The second-order valence-corrected chi connectivity index (χ2v) is 2.85. The number of rotatable bonds is 4. The van der Waals surface area contributed by atoms with E-state index >= 15 is 0 Å². The van der Waals surface area contributed by atoms with Crippen molar-refractivity contribution < 1.29 is 22.8 Å². The maximum atomic E-state index is 11.7. The van der Waals surface area contributed by atoms with Gasteiger partial charge < -0.3 is 16.0 Å². The summed E-state index contributed by atoms with van der Waals surface area (Å²) in [6.45, 7) is -2.13. The third kappa shape index (κ3) is 6.72. The summed E-state index contributed by atoms with van der Waals surface area (Å²) in [6, 6.07) is 0. The van der Waals surface area contributed by atoms with Gasteiger partial charge in [-0.05, 0) is 0 Å². The summed E-state index contributed by atoms with van der Waals surface area (Å²) in [6.07, 6.45) is -4.45. The first-order chi connectivity index (χ1) is 6.76. The standard InChI is InChI=1S/C7H12F3N3O2/c1-13(6(15)2-11)3-5(14)12-4-7(8,9)10/h2-4,11H2,1H3,(H,12,14). The van der Waals surface area contributed by atoms with Crippen LogP contribution in [0.4, 0.5) is 13.2 Å². The lowest BCUT2D eigenvalue weighted by atomic mass is 10.4. The van der Waals surface area contributed by atoms with Crippen molar-refractivity contribution in [1.29, 1.82) is 0 Å². The summed E-state index contributed by atoms with van der Waals surface area (Å²) in [7, 11) is 1.28. The Balaban J connectivity index is 3.89. The molecule has 0 heterocycles. The molecule has 15 heavy (non-hydrogen) atoms. The molecule has 5 nitrogen and oxygen atoms in total. The van der Waals surface area contributed by atoms with E-state index in [1.165, 1.54) is 7.05 Å². The Hall–Kier alpha value is -1.31. The summed E-state index contributed by atoms with van der Waals surface area (Å²) < 4.78 is 35.0. The van der Waals surface area contributed by atoms with Crippen molar-refractivity contribution in [2.75, 3.05) is 26.7 Å². The van der Waals surface area contributed by atoms with E-state index in [0.717, 1.165) is 4.90 Å². The molecule has 88 valence electrons. The molecule has 0 aliphatic rings. The number of nitrogens with two attached hydrogens (primary N) is 1. The molecule has 0 aromatic carbocycles. The highest BCUT2D eigenvalue weighted by molar-refractivity contribution is 5.85. The number of hydrogen-bond donors (Lipinski definition) is 2. The predicted octanol–water partition coefficient (Wildman–Crippen LogP) is -0.918. The molecule has 8 heteroatoms. The molecule has 0 saturated carbocycles. The van der Waals surface area contributed by atoms with Crippen molar-refractivity contribution in [2.45, 2.75) is 6.18 Å². The third-order valence-corrected chi connectivity index (χ3v) is 1.47. The lowest BCUT2D eigenvalue weighted by Gasteiger charge is -2.16. The molecule has 0 atom stereocenters. The van der Waals surface area contributed by atoms with Gasteiger partial charge in [-0.25, -0.2) is 0 Å². The number of amides is 2. The minimum Gasteiger partial charge on any atom is -0.345 e. The highest BCUT2D eigenvalue weighted by atomic mass is 19.4. The number of alkyl halides is 3. The molecule has 0 aliphatic carbocycles. The normalized spacial score (nSPS) is 11.0. The molecular formula is C7H12F3N3O2. The molecule has 0 saturated heterocycles. The molecular weight excluding hydrogens is 215 g/mol. The van der Waals surface area contributed by atoms with E-state index < -0.39 is 31.1 Å². The molecule has 0 fully saturated rings.